The van der Waals surface area contributed by atoms with E-state index >= 15 is 0 Å². The fraction of sp³-hybridized carbons (Fsp3) is 0.714. The summed E-state index contributed by atoms with van der Waals surface area (Å²) in [5.41, 5.74) is 1.21. The highest BCUT2D eigenvalue weighted by atomic mass is 16.1. The number of pyridine rings is 1. The molecule has 144 valence electrons. The Hall–Kier alpha value is -1.46. The molecule has 1 aromatic rings. The van der Waals surface area contributed by atoms with E-state index in [0.29, 0.717) is 18.9 Å². The minimum absolute atomic E-state index is 0.214. The van der Waals surface area contributed by atoms with Crippen molar-refractivity contribution >= 4 is 5.91 Å². The van der Waals surface area contributed by atoms with Crippen LogP contribution in [0.1, 0.15) is 57.1 Å². The highest BCUT2D eigenvalue weighted by Crippen LogP contribution is 2.24. The van der Waals surface area contributed by atoms with E-state index in [9.17, 15) is 4.79 Å². The second-order valence-electron chi connectivity index (χ2n) is 7.78. The van der Waals surface area contributed by atoms with Crippen LogP contribution in [0.5, 0.6) is 0 Å². The molecule has 3 heterocycles. The number of nitrogens with one attached hydrogen (secondary N) is 1. The van der Waals surface area contributed by atoms with Crippen LogP contribution in [-0.2, 0) is 4.79 Å². The SMILES string of the molecule is CCN1CCC(CC(=O)NCC(c2cccnc2)N2CCCCC2)CC1. The van der Waals surface area contributed by atoms with Gasteiger partial charge in [0, 0.05) is 25.4 Å². The Morgan fingerprint density at radius 1 is 1.23 bits per heavy atom. The molecule has 3 rings (SSSR count). The second kappa shape index (κ2) is 10.0. The summed E-state index contributed by atoms with van der Waals surface area (Å²) >= 11 is 0. The summed E-state index contributed by atoms with van der Waals surface area (Å²) in [5, 5.41) is 3.23. The molecule has 0 radical (unpaired) electrons. The molecule has 1 amide bonds. The minimum atomic E-state index is 0.214. The molecule has 0 spiro atoms. The topological polar surface area (TPSA) is 48.5 Å². The molecule has 2 saturated heterocycles. The molecule has 0 aromatic carbocycles. The lowest BCUT2D eigenvalue weighted by molar-refractivity contribution is -0.122. The number of nitrogens with zero attached hydrogens (tertiary/aromatic N) is 3. The summed E-state index contributed by atoms with van der Waals surface area (Å²) in [5.74, 6) is 0.760. The van der Waals surface area contributed by atoms with Crippen molar-refractivity contribution < 1.29 is 4.79 Å². The summed E-state index contributed by atoms with van der Waals surface area (Å²) in [4.78, 5) is 21.8. The number of likely N-dealkylation sites (tertiary alicyclic amines) is 2. The number of hydrogen-bond donors (Lipinski definition) is 1. The van der Waals surface area contributed by atoms with E-state index in [4.69, 9.17) is 0 Å². The average molecular weight is 359 g/mol. The third-order valence-electron chi connectivity index (χ3n) is 6.02. The van der Waals surface area contributed by atoms with Crippen molar-refractivity contribution in [1.82, 2.24) is 20.1 Å². The van der Waals surface area contributed by atoms with Crippen molar-refractivity contribution in [3.8, 4) is 0 Å². The number of aromatic nitrogens is 1. The van der Waals surface area contributed by atoms with Gasteiger partial charge in [0.25, 0.3) is 0 Å². The van der Waals surface area contributed by atoms with E-state index in [0.717, 1.165) is 45.6 Å². The van der Waals surface area contributed by atoms with Crippen molar-refractivity contribution in [2.75, 3.05) is 39.3 Å². The molecular formula is C21H34N4O. The van der Waals surface area contributed by atoms with Gasteiger partial charge >= 0.3 is 0 Å². The standard InChI is InChI=1S/C21H34N4O/c1-2-24-13-8-18(9-14-24)15-21(26)23-17-20(19-7-6-10-22-16-19)25-11-4-3-5-12-25/h6-7,10,16,18,20H,2-5,8-9,11-15,17H2,1H3,(H,23,26). The monoisotopic (exact) mass is 358 g/mol. The van der Waals surface area contributed by atoms with Crippen molar-refractivity contribution in [3.63, 3.8) is 0 Å². The highest BCUT2D eigenvalue weighted by molar-refractivity contribution is 5.76. The molecule has 2 aliphatic rings. The summed E-state index contributed by atoms with van der Waals surface area (Å²) in [6.45, 7) is 8.54. The molecule has 5 heteroatoms. The maximum atomic E-state index is 12.5. The van der Waals surface area contributed by atoms with E-state index in [2.05, 4.69) is 33.1 Å². The number of piperidine rings is 2. The van der Waals surface area contributed by atoms with Crippen molar-refractivity contribution in [3.05, 3.63) is 30.1 Å². The first-order chi connectivity index (χ1) is 12.8. The summed E-state index contributed by atoms with van der Waals surface area (Å²) < 4.78 is 0. The first kappa shape index (κ1) is 19.3. The van der Waals surface area contributed by atoms with E-state index in [1.165, 1.54) is 24.8 Å². The molecular weight excluding hydrogens is 324 g/mol. The molecule has 1 aromatic heterocycles. The zero-order valence-corrected chi connectivity index (χ0v) is 16.2. The molecule has 1 unspecified atom stereocenters. The molecule has 2 aliphatic heterocycles. The third-order valence-corrected chi connectivity index (χ3v) is 6.02. The van der Waals surface area contributed by atoms with Crippen molar-refractivity contribution in [2.45, 2.75) is 51.5 Å². The Morgan fingerprint density at radius 3 is 2.65 bits per heavy atom. The van der Waals surface area contributed by atoms with Crippen molar-refractivity contribution in [1.29, 1.82) is 0 Å². The number of amides is 1. The molecule has 1 atom stereocenters. The molecule has 26 heavy (non-hydrogen) atoms. The smallest absolute Gasteiger partial charge is 0.220 e. The van der Waals surface area contributed by atoms with Crippen LogP contribution in [0.25, 0.3) is 0 Å². The lowest BCUT2D eigenvalue weighted by Gasteiger charge is -2.35. The van der Waals surface area contributed by atoms with Gasteiger partial charge in [-0.2, -0.15) is 0 Å². The van der Waals surface area contributed by atoms with Crippen LogP contribution in [0.4, 0.5) is 0 Å². The van der Waals surface area contributed by atoms with Crippen LogP contribution >= 0.6 is 0 Å². The fourth-order valence-electron chi connectivity index (χ4n) is 4.31. The predicted molar refractivity (Wildman–Crippen MR) is 105 cm³/mol. The number of carbonyl (C=O) groups is 1. The molecule has 0 aliphatic carbocycles. The van der Waals surface area contributed by atoms with E-state index in [1.54, 1.807) is 0 Å². The zero-order chi connectivity index (χ0) is 18.2. The normalized spacial score (nSPS) is 21.4. The summed E-state index contributed by atoms with van der Waals surface area (Å²) in [7, 11) is 0. The Kier molecular flexibility index (Phi) is 7.44. The van der Waals surface area contributed by atoms with Gasteiger partial charge in [-0.25, -0.2) is 0 Å². The van der Waals surface area contributed by atoms with Gasteiger partial charge < -0.3 is 10.2 Å². The molecule has 2 fully saturated rings. The lowest BCUT2D eigenvalue weighted by Crippen LogP contribution is -2.41. The Bertz CT molecular complexity index is 536. The van der Waals surface area contributed by atoms with E-state index in [-0.39, 0.29) is 11.9 Å². The van der Waals surface area contributed by atoms with E-state index < -0.39 is 0 Å². The van der Waals surface area contributed by atoms with Crippen LogP contribution in [0.3, 0.4) is 0 Å². The lowest BCUT2D eigenvalue weighted by atomic mass is 9.93. The Labute approximate surface area is 158 Å². The quantitative estimate of drug-likeness (QED) is 0.814. The Balaban J connectivity index is 1.51. The first-order valence-electron chi connectivity index (χ1n) is 10.4. The maximum Gasteiger partial charge on any atom is 0.220 e. The van der Waals surface area contributed by atoms with Gasteiger partial charge in [-0.1, -0.05) is 19.4 Å². The molecule has 5 nitrogen and oxygen atoms in total. The van der Waals surface area contributed by atoms with E-state index in [1.807, 2.05) is 18.5 Å². The van der Waals surface area contributed by atoms with Crippen LogP contribution < -0.4 is 5.32 Å². The van der Waals surface area contributed by atoms with Gasteiger partial charge in [-0.3, -0.25) is 14.7 Å². The number of rotatable bonds is 7. The summed E-state index contributed by atoms with van der Waals surface area (Å²) in [6.07, 6.45) is 10.6. The Morgan fingerprint density at radius 2 is 2.00 bits per heavy atom. The zero-order valence-electron chi connectivity index (χ0n) is 16.2. The number of carbonyl (C=O) groups excluding carboxylic acids is 1. The summed E-state index contributed by atoms with van der Waals surface area (Å²) in [6, 6.07) is 4.38. The van der Waals surface area contributed by atoms with Gasteiger partial charge in [0.1, 0.15) is 0 Å². The van der Waals surface area contributed by atoms with Gasteiger partial charge in [0.05, 0.1) is 6.04 Å². The molecule has 0 saturated carbocycles. The first-order valence-corrected chi connectivity index (χ1v) is 10.4. The minimum Gasteiger partial charge on any atom is -0.354 e. The highest BCUT2D eigenvalue weighted by Gasteiger charge is 2.24. The maximum absolute atomic E-state index is 12.5. The third kappa shape index (κ3) is 5.52. The van der Waals surface area contributed by atoms with Crippen LogP contribution in [-0.4, -0.2) is 60.0 Å². The van der Waals surface area contributed by atoms with Crippen LogP contribution in [0, 0.1) is 5.92 Å². The van der Waals surface area contributed by atoms with Gasteiger partial charge in [-0.15, -0.1) is 0 Å². The van der Waals surface area contributed by atoms with Crippen LogP contribution in [0.15, 0.2) is 24.5 Å². The van der Waals surface area contributed by atoms with Gasteiger partial charge in [-0.05, 0) is 76.0 Å². The van der Waals surface area contributed by atoms with Gasteiger partial charge in [0.2, 0.25) is 5.91 Å². The predicted octanol–water partition coefficient (Wildman–Crippen LogP) is 2.85. The number of hydrogen-bond acceptors (Lipinski definition) is 4. The van der Waals surface area contributed by atoms with Gasteiger partial charge in [0.15, 0.2) is 0 Å². The largest absolute Gasteiger partial charge is 0.354 e. The average Bonchev–Trinajstić information content (AvgIpc) is 2.70. The fourth-order valence-corrected chi connectivity index (χ4v) is 4.31. The molecule has 0 bridgehead atoms. The second-order valence-corrected chi connectivity index (χ2v) is 7.78. The van der Waals surface area contributed by atoms with Crippen LogP contribution in [0.2, 0.25) is 0 Å². The molecule has 1 N–H and O–H groups in total. The van der Waals surface area contributed by atoms with Crippen molar-refractivity contribution in [2.24, 2.45) is 5.92 Å².